The number of nitrogens with two attached hydrogens (primary N) is 1. The Morgan fingerprint density at radius 1 is 1.46 bits per heavy atom. The smallest absolute Gasteiger partial charge is 0.141 e. The molecule has 0 radical (unpaired) electrons. The van der Waals surface area contributed by atoms with Gasteiger partial charge in [-0.1, -0.05) is 6.42 Å². The van der Waals surface area contributed by atoms with Gasteiger partial charge in [-0.25, -0.2) is 4.98 Å². The topological polar surface area (TPSA) is 43.8 Å². The summed E-state index contributed by atoms with van der Waals surface area (Å²) in [4.78, 5) is 3.97. The van der Waals surface area contributed by atoms with Gasteiger partial charge in [0.05, 0.1) is 6.33 Å². The van der Waals surface area contributed by atoms with Crippen LogP contribution in [0.15, 0.2) is 12.5 Å². The molecule has 1 fully saturated rings. The highest BCUT2D eigenvalue weighted by molar-refractivity contribution is 5.85. The van der Waals surface area contributed by atoms with Crippen LogP contribution in [-0.4, -0.2) is 9.55 Å². The fourth-order valence-corrected chi connectivity index (χ4v) is 1.45. The lowest BCUT2D eigenvalue weighted by Crippen LogP contribution is -2.16. The van der Waals surface area contributed by atoms with Gasteiger partial charge >= 0.3 is 0 Å². The molecule has 0 aliphatic heterocycles. The molecule has 1 saturated carbocycles. The molecule has 5 heteroatoms. The first-order valence-electron chi connectivity index (χ1n) is 4.12. The average molecular weight is 224 g/mol. The van der Waals surface area contributed by atoms with Gasteiger partial charge in [0.1, 0.15) is 5.82 Å². The first kappa shape index (κ1) is 12.6. The van der Waals surface area contributed by atoms with Crippen molar-refractivity contribution in [2.24, 2.45) is 5.92 Å². The zero-order valence-corrected chi connectivity index (χ0v) is 8.98. The van der Waals surface area contributed by atoms with Gasteiger partial charge in [-0.05, 0) is 18.8 Å². The molecule has 1 heterocycles. The zero-order valence-electron chi connectivity index (χ0n) is 7.35. The molecule has 0 bridgehead atoms. The van der Waals surface area contributed by atoms with Gasteiger partial charge in [-0.2, -0.15) is 0 Å². The van der Waals surface area contributed by atoms with E-state index in [0.29, 0.717) is 5.82 Å². The minimum Gasteiger partial charge on any atom is -0.382 e. The lowest BCUT2D eigenvalue weighted by atomic mass is 9.85. The highest BCUT2D eigenvalue weighted by atomic mass is 35.5. The van der Waals surface area contributed by atoms with E-state index in [1.54, 1.807) is 0 Å². The number of rotatable bonds is 2. The Balaban J connectivity index is 0.000000720. The molecule has 0 spiro atoms. The second-order valence-electron chi connectivity index (χ2n) is 3.29. The maximum Gasteiger partial charge on any atom is 0.141 e. The van der Waals surface area contributed by atoms with E-state index in [4.69, 9.17) is 5.73 Å². The number of nitrogens with zero attached hydrogens (tertiary/aromatic N) is 2. The van der Waals surface area contributed by atoms with Crippen molar-refractivity contribution in [3.63, 3.8) is 0 Å². The van der Waals surface area contributed by atoms with Crippen molar-refractivity contribution in [3.05, 3.63) is 12.5 Å². The Morgan fingerprint density at radius 3 is 2.54 bits per heavy atom. The molecule has 0 atom stereocenters. The van der Waals surface area contributed by atoms with Gasteiger partial charge in [0.25, 0.3) is 0 Å². The third-order valence-electron chi connectivity index (χ3n) is 2.35. The number of hydrogen-bond acceptors (Lipinski definition) is 2. The fraction of sp³-hybridized carbons (Fsp3) is 0.625. The van der Waals surface area contributed by atoms with E-state index < -0.39 is 0 Å². The summed E-state index contributed by atoms with van der Waals surface area (Å²) in [6.07, 6.45) is 7.86. The first-order chi connectivity index (χ1) is 5.34. The Labute approximate surface area is 90.5 Å². The average Bonchev–Trinajstić information content (AvgIpc) is 2.27. The molecule has 0 unspecified atom stereocenters. The molecule has 2 rings (SSSR count). The van der Waals surface area contributed by atoms with Crippen LogP contribution in [0.4, 0.5) is 5.82 Å². The van der Waals surface area contributed by atoms with Crippen LogP contribution in [-0.2, 0) is 6.54 Å². The summed E-state index contributed by atoms with van der Waals surface area (Å²) in [5.74, 6) is 1.51. The lowest BCUT2D eigenvalue weighted by Gasteiger charge is -2.25. The van der Waals surface area contributed by atoms with Crippen LogP contribution < -0.4 is 5.73 Å². The summed E-state index contributed by atoms with van der Waals surface area (Å²) in [7, 11) is 0. The molecule has 3 nitrogen and oxygen atoms in total. The molecule has 1 aromatic rings. The molecule has 0 amide bonds. The Kier molecular flexibility index (Phi) is 5.18. The number of nitrogen functional groups attached to an aromatic ring is 1. The second-order valence-corrected chi connectivity index (χ2v) is 3.29. The lowest BCUT2D eigenvalue weighted by molar-refractivity contribution is 0.276. The van der Waals surface area contributed by atoms with E-state index in [0.717, 1.165) is 12.5 Å². The summed E-state index contributed by atoms with van der Waals surface area (Å²) >= 11 is 0. The van der Waals surface area contributed by atoms with Crippen LogP contribution in [0.25, 0.3) is 0 Å². The normalized spacial score (nSPS) is 15.4. The van der Waals surface area contributed by atoms with Gasteiger partial charge < -0.3 is 10.3 Å². The summed E-state index contributed by atoms with van der Waals surface area (Å²) in [5.41, 5.74) is 5.48. The van der Waals surface area contributed by atoms with Crippen LogP contribution in [0.1, 0.15) is 19.3 Å². The van der Waals surface area contributed by atoms with Gasteiger partial charge in [0, 0.05) is 12.7 Å². The molecular weight excluding hydrogens is 209 g/mol. The van der Waals surface area contributed by atoms with Crippen LogP contribution in [0.5, 0.6) is 0 Å². The van der Waals surface area contributed by atoms with Crippen molar-refractivity contribution >= 4 is 30.6 Å². The summed E-state index contributed by atoms with van der Waals surface area (Å²) < 4.78 is 2.08. The number of halogens is 2. The molecule has 0 aromatic carbocycles. The third kappa shape index (κ3) is 3.08. The predicted octanol–water partition coefficient (Wildman–Crippen LogP) is 2.11. The fourth-order valence-electron chi connectivity index (χ4n) is 1.45. The monoisotopic (exact) mass is 223 g/mol. The van der Waals surface area contributed by atoms with Crippen molar-refractivity contribution in [1.82, 2.24) is 9.55 Å². The summed E-state index contributed by atoms with van der Waals surface area (Å²) in [6, 6.07) is 0. The largest absolute Gasteiger partial charge is 0.382 e. The van der Waals surface area contributed by atoms with E-state index in [9.17, 15) is 0 Å². The van der Waals surface area contributed by atoms with Crippen LogP contribution in [0.3, 0.4) is 0 Å². The maximum atomic E-state index is 5.48. The van der Waals surface area contributed by atoms with Crippen LogP contribution in [0.2, 0.25) is 0 Å². The molecule has 1 aromatic heterocycles. The van der Waals surface area contributed by atoms with E-state index >= 15 is 0 Å². The highest BCUT2D eigenvalue weighted by Crippen LogP contribution is 2.27. The Hall–Kier alpha value is -0.410. The summed E-state index contributed by atoms with van der Waals surface area (Å²) in [5, 5.41) is 0. The van der Waals surface area contributed by atoms with Gasteiger partial charge in [-0.15, -0.1) is 24.8 Å². The SMILES string of the molecule is Cl.Cl.Nc1cn(CC2CCC2)cn1. The van der Waals surface area contributed by atoms with E-state index in [-0.39, 0.29) is 24.8 Å². The van der Waals surface area contributed by atoms with Crippen molar-refractivity contribution in [1.29, 1.82) is 0 Å². The molecule has 76 valence electrons. The Morgan fingerprint density at radius 2 is 2.15 bits per heavy atom. The molecule has 2 N–H and O–H groups in total. The van der Waals surface area contributed by atoms with Crippen molar-refractivity contribution in [3.8, 4) is 0 Å². The van der Waals surface area contributed by atoms with Crippen molar-refractivity contribution in [2.75, 3.05) is 5.73 Å². The van der Waals surface area contributed by atoms with Crippen LogP contribution in [0, 0.1) is 5.92 Å². The van der Waals surface area contributed by atoms with Crippen molar-refractivity contribution < 1.29 is 0 Å². The van der Waals surface area contributed by atoms with E-state index in [1.165, 1.54) is 19.3 Å². The van der Waals surface area contributed by atoms with Gasteiger partial charge in [0.15, 0.2) is 0 Å². The predicted molar refractivity (Wildman–Crippen MR) is 58.5 cm³/mol. The quantitative estimate of drug-likeness (QED) is 0.835. The number of hydrogen-bond donors (Lipinski definition) is 1. The van der Waals surface area contributed by atoms with Crippen LogP contribution >= 0.6 is 24.8 Å². The molecule has 13 heavy (non-hydrogen) atoms. The molecular formula is C8H15Cl2N3. The second kappa shape index (κ2) is 5.35. The zero-order chi connectivity index (χ0) is 7.68. The standard InChI is InChI=1S/C8H13N3.2ClH/c9-8-5-11(6-10-8)4-7-2-1-3-7;;/h5-7H,1-4,9H2;2*1H. The van der Waals surface area contributed by atoms with E-state index in [1.807, 2.05) is 12.5 Å². The van der Waals surface area contributed by atoms with Gasteiger partial charge in [-0.3, -0.25) is 0 Å². The van der Waals surface area contributed by atoms with Crippen molar-refractivity contribution in [2.45, 2.75) is 25.8 Å². The highest BCUT2D eigenvalue weighted by Gasteiger charge is 2.17. The minimum atomic E-state index is 0. The Bertz CT molecular complexity index is 245. The summed E-state index contributed by atoms with van der Waals surface area (Å²) in [6.45, 7) is 1.10. The number of anilines is 1. The molecule has 0 saturated heterocycles. The maximum absolute atomic E-state index is 5.48. The molecule has 1 aliphatic rings. The third-order valence-corrected chi connectivity index (χ3v) is 2.35. The first-order valence-corrected chi connectivity index (χ1v) is 4.12. The minimum absolute atomic E-state index is 0. The van der Waals surface area contributed by atoms with E-state index in [2.05, 4.69) is 9.55 Å². The molecule has 1 aliphatic carbocycles. The van der Waals surface area contributed by atoms with Gasteiger partial charge in [0.2, 0.25) is 0 Å². The number of aromatic nitrogens is 2. The number of imidazole rings is 1.